The second-order valence-corrected chi connectivity index (χ2v) is 8.67. The molecule has 0 unspecified atom stereocenters. The zero-order valence-electron chi connectivity index (χ0n) is 18.9. The molecule has 1 aliphatic carbocycles. The third kappa shape index (κ3) is 4.64. The highest BCUT2D eigenvalue weighted by molar-refractivity contribution is 6.09. The zero-order valence-corrected chi connectivity index (χ0v) is 18.9. The second kappa shape index (κ2) is 9.39. The molecule has 174 valence electrons. The summed E-state index contributed by atoms with van der Waals surface area (Å²) in [4.78, 5) is 36.9. The van der Waals surface area contributed by atoms with Gasteiger partial charge in [0.05, 0.1) is 5.56 Å². The summed E-state index contributed by atoms with van der Waals surface area (Å²) in [5.41, 5.74) is 1.69. The number of carboxylic acid groups (broad SMARTS) is 1. The minimum atomic E-state index is -1.15. The van der Waals surface area contributed by atoms with Crippen molar-refractivity contribution >= 4 is 22.8 Å². The lowest BCUT2D eigenvalue weighted by Crippen LogP contribution is -2.24. The van der Waals surface area contributed by atoms with Gasteiger partial charge in [-0.1, -0.05) is 13.8 Å². The van der Waals surface area contributed by atoms with Gasteiger partial charge in [-0.05, 0) is 66.8 Å². The van der Waals surface area contributed by atoms with Crippen LogP contribution >= 0.6 is 0 Å². The van der Waals surface area contributed by atoms with Gasteiger partial charge in [-0.3, -0.25) is 9.59 Å². The maximum Gasteiger partial charge on any atom is 0.336 e. The highest BCUT2D eigenvalue weighted by atomic mass is 16.4. The average Bonchev–Trinajstić information content (AvgIpc) is 2.79. The Morgan fingerprint density at radius 2 is 1.79 bits per heavy atom. The van der Waals surface area contributed by atoms with E-state index in [1.54, 1.807) is 18.2 Å². The number of amides is 1. The maximum absolute atomic E-state index is 12.8. The van der Waals surface area contributed by atoms with Crippen LogP contribution in [0, 0.1) is 5.92 Å². The van der Waals surface area contributed by atoms with Crippen molar-refractivity contribution in [1.29, 1.82) is 0 Å². The molecule has 7 heteroatoms. The van der Waals surface area contributed by atoms with Crippen LogP contribution in [0.4, 0.5) is 0 Å². The first-order chi connectivity index (χ1) is 16.2. The number of aromatic carboxylic acids is 1. The number of phenolic OH excluding ortho intramolecular Hbond substituents is 1. The number of carbonyl (C=O) groups is 2. The van der Waals surface area contributed by atoms with Crippen LogP contribution in [0.15, 0.2) is 63.8 Å². The van der Waals surface area contributed by atoms with E-state index >= 15 is 0 Å². The molecule has 0 saturated carbocycles. The molecule has 0 saturated heterocycles. The summed E-state index contributed by atoms with van der Waals surface area (Å²) in [7, 11) is 0. The van der Waals surface area contributed by atoms with Crippen molar-refractivity contribution in [3.8, 4) is 28.2 Å². The highest BCUT2D eigenvalue weighted by Gasteiger charge is 2.23. The van der Waals surface area contributed by atoms with E-state index in [1.807, 2.05) is 0 Å². The topological polar surface area (TPSA) is 117 Å². The third-order valence-corrected chi connectivity index (χ3v) is 5.70. The van der Waals surface area contributed by atoms with Crippen LogP contribution in [0.5, 0.6) is 5.75 Å². The number of carboxylic acids is 1. The lowest BCUT2D eigenvalue weighted by molar-refractivity contribution is 0.0697. The van der Waals surface area contributed by atoms with E-state index in [9.17, 15) is 24.6 Å². The second-order valence-electron chi connectivity index (χ2n) is 8.67. The monoisotopic (exact) mass is 459 g/mol. The molecule has 2 aromatic rings. The van der Waals surface area contributed by atoms with Crippen molar-refractivity contribution in [3.63, 3.8) is 0 Å². The number of nitrogens with one attached hydrogen (secondary N) is 1. The highest BCUT2D eigenvalue weighted by Crippen LogP contribution is 2.42. The Labute approximate surface area is 196 Å². The standard InChI is InChI=1S/C27H25NO6/c1-15(2)4-3-11-28-26(31)16-5-8-19(27(32)33)22(12-16)25-20-9-6-17(29)13-23(20)34-24-14-18(30)7-10-21(24)25/h5-10,12-15,29H,3-4,11H2,1-2H3,(H,28,31)(H,32,33). The number of benzene rings is 3. The van der Waals surface area contributed by atoms with Gasteiger partial charge in [0.1, 0.15) is 17.1 Å². The number of aromatic hydroxyl groups is 1. The van der Waals surface area contributed by atoms with Crippen molar-refractivity contribution in [1.82, 2.24) is 5.32 Å². The summed E-state index contributed by atoms with van der Waals surface area (Å²) in [5, 5.41) is 23.3. The van der Waals surface area contributed by atoms with E-state index < -0.39 is 5.97 Å². The van der Waals surface area contributed by atoms with Crippen LogP contribution in [-0.4, -0.2) is 28.6 Å². The van der Waals surface area contributed by atoms with Gasteiger partial charge in [-0.15, -0.1) is 0 Å². The van der Waals surface area contributed by atoms with Crippen LogP contribution < -0.4 is 10.7 Å². The summed E-state index contributed by atoms with van der Waals surface area (Å²) in [6, 6.07) is 13.2. The minimum absolute atomic E-state index is 0.00410. The number of hydrogen-bond acceptors (Lipinski definition) is 5. The third-order valence-electron chi connectivity index (χ3n) is 5.70. The maximum atomic E-state index is 12.8. The molecule has 34 heavy (non-hydrogen) atoms. The van der Waals surface area contributed by atoms with Gasteiger partial charge < -0.3 is 19.9 Å². The van der Waals surface area contributed by atoms with Crippen LogP contribution in [0.1, 0.15) is 47.4 Å². The number of rotatable bonds is 7. The lowest BCUT2D eigenvalue weighted by Gasteiger charge is -2.17. The lowest BCUT2D eigenvalue weighted by atomic mass is 9.89. The van der Waals surface area contributed by atoms with E-state index in [-0.39, 0.29) is 34.0 Å². The van der Waals surface area contributed by atoms with Crippen molar-refractivity contribution in [2.45, 2.75) is 26.7 Å². The van der Waals surface area contributed by atoms with Gasteiger partial charge in [0.2, 0.25) is 0 Å². The fraction of sp³-hybridized carbons (Fsp3) is 0.222. The Morgan fingerprint density at radius 1 is 1.00 bits per heavy atom. The first-order valence-corrected chi connectivity index (χ1v) is 11.1. The van der Waals surface area contributed by atoms with Crippen LogP contribution in [0.2, 0.25) is 0 Å². The van der Waals surface area contributed by atoms with Crippen molar-refractivity contribution < 1.29 is 24.2 Å². The van der Waals surface area contributed by atoms with Crippen molar-refractivity contribution in [2.75, 3.05) is 6.54 Å². The van der Waals surface area contributed by atoms with Crippen LogP contribution in [0.3, 0.4) is 0 Å². The predicted molar refractivity (Wildman–Crippen MR) is 130 cm³/mol. The van der Waals surface area contributed by atoms with E-state index in [0.29, 0.717) is 40.1 Å². The Hall–Kier alpha value is -4.13. The average molecular weight is 459 g/mol. The Kier molecular flexibility index (Phi) is 6.36. The van der Waals surface area contributed by atoms with Gasteiger partial charge in [0, 0.05) is 40.8 Å². The molecular weight excluding hydrogens is 434 g/mol. The van der Waals surface area contributed by atoms with E-state index in [0.717, 1.165) is 12.8 Å². The quantitative estimate of drug-likeness (QED) is 0.260. The van der Waals surface area contributed by atoms with Crippen molar-refractivity contribution in [2.24, 2.45) is 5.92 Å². The molecule has 0 aromatic heterocycles. The fourth-order valence-electron chi connectivity index (χ4n) is 4.04. The summed E-state index contributed by atoms with van der Waals surface area (Å²) in [6.07, 6.45) is 1.84. The van der Waals surface area contributed by atoms with E-state index in [2.05, 4.69) is 19.2 Å². The SMILES string of the molecule is CC(C)CCCNC(=O)c1ccc(C(=O)O)c(-c2c3ccc(=O)cc-3oc3cc(O)ccc23)c1. The Balaban J connectivity index is 1.89. The molecule has 0 fully saturated rings. The van der Waals surface area contributed by atoms with E-state index in [4.69, 9.17) is 4.42 Å². The Morgan fingerprint density at radius 3 is 2.53 bits per heavy atom. The molecule has 1 amide bonds. The molecule has 2 aromatic carbocycles. The van der Waals surface area contributed by atoms with Gasteiger partial charge >= 0.3 is 5.97 Å². The normalized spacial score (nSPS) is 11.3. The summed E-state index contributed by atoms with van der Waals surface area (Å²) in [6.45, 7) is 4.76. The molecule has 4 rings (SSSR count). The number of fused-ring (bicyclic) bond motifs is 2. The predicted octanol–water partition coefficient (Wildman–Crippen LogP) is 5.13. The molecule has 0 bridgehead atoms. The minimum Gasteiger partial charge on any atom is -0.508 e. The van der Waals surface area contributed by atoms with Gasteiger partial charge in [-0.2, -0.15) is 0 Å². The van der Waals surface area contributed by atoms with Crippen molar-refractivity contribution in [3.05, 3.63) is 75.9 Å². The van der Waals surface area contributed by atoms with Gasteiger partial charge in [0.25, 0.3) is 5.91 Å². The molecule has 2 aliphatic rings. The number of hydrogen-bond donors (Lipinski definition) is 3. The fourth-order valence-corrected chi connectivity index (χ4v) is 4.04. The van der Waals surface area contributed by atoms with Gasteiger partial charge in [-0.25, -0.2) is 4.79 Å². The molecule has 7 nitrogen and oxygen atoms in total. The van der Waals surface area contributed by atoms with Crippen LogP contribution in [-0.2, 0) is 0 Å². The van der Waals surface area contributed by atoms with Crippen LogP contribution in [0.25, 0.3) is 33.4 Å². The summed E-state index contributed by atoms with van der Waals surface area (Å²) in [5.74, 6) is -0.693. The first-order valence-electron chi connectivity index (χ1n) is 11.1. The van der Waals surface area contributed by atoms with E-state index in [1.165, 1.54) is 36.4 Å². The number of carbonyl (C=O) groups excluding carboxylic acids is 1. The van der Waals surface area contributed by atoms with Gasteiger partial charge in [0.15, 0.2) is 5.43 Å². The Bertz CT molecular complexity index is 1420. The molecule has 0 radical (unpaired) electrons. The summed E-state index contributed by atoms with van der Waals surface area (Å²) < 4.78 is 5.85. The molecule has 3 N–H and O–H groups in total. The molecule has 0 atom stereocenters. The molecule has 1 heterocycles. The molecular formula is C27H25NO6. The number of phenols is 1. The molecule has 0 spiro atoms. The first kappa shape index (κ1) is 23.0. The smallest absolute Gasteiger partial charge is 0.336 e. The molecule has 1 aliphatic heterocycles. The summed E-state index contributed by atoms with van der Waals surface area (Å²) >= 11 is 0. The largest absolute Gasteiger partial charge is 0.508 e. The zero-order chi connectivity index (χ0) is 24.4.